The molecule has 0 rings (SSSR count). The van der Waals surface area contributed by atoms with E-state index in [1.54, 1.807) is 0 Å². The standard InChI is InChI=1S/C24H47NO3/c1-3-5-7-9-11-12-13-14-16-19-23(26)25-21-18-20-24(27)28-22-17-15-10-8-6-4-2/h3-22H2,1-2H3,(H,25,26). The van der Waals surface area contributed by atoms with E-state index in [-0.39, 0.29) is 11.9 Å². The Labute approximate surface area is 174 Å². The molecule has 0 aliphatic rings. The maximum Gasteiger partial charge on any atom is 0.305 e. The lowest BCUT2D eigenvalue weighted by Crippen LogP contribution is -2.24. The fourth-order valence-electron chi connectivity index (χ4n) is 3.29. The van der Waals surface area contributed by atoms with Gasteiger partial charge in [0.1, 0.15) is 0 Å². The van der Waals surface area contributed by atoms with Crippen LogP contribution in [0.15, 0.2) is 0 Å². The van der Waals surface area contributed by atoms with Crippen molar-refractivity contribution in [1.82, 2.24) is 5.32 Å². The van der Waals surface area contributed by atoms with E-state index in [4.69, 9.17) is 4.74 Å². The number of hydrogen-bond donors (Lipinski definition) is 1. The van der Waals surface area contributed by atoms with Gasteiger partial charge < -0.3 is 10.1 Å². The summed E-state index contributed by atoms with van der Waals surface area (Å²) in [5, 5.41) is 2.91. The summed E-state index contributed by atoms with van der Waals surface area (Å²) in [6, 6.07) is 0. The van der Waals surface area contributed by atoms with Crippen LogP contribution < -0.4 is 5.32 Å². The molecule has 1 amide bonds. The van der Waals surface area contributed by atoms with Gasteiger partial charge in [0.25, 0.3) is 0 Å². The van der Waals surface area contributed by atoms with Crippen molar-refractivity contribution < 1.29 is 14.3 Å². The summed E-state index contributed by atoms with van der Waals surface area (Å²) in [6.07, 6.45) is 20.2. The van der Waals surface area contributed by atoms with E-state index < -0.39 is 0 Å². The first-order valence-corrected chi connectivity index (χ1v) is 12.1. The zero-order valence-corrected chi connectivity index (χ0v) is 18.9. The fraction of sp³-hybridized carbons (Fsp3) is 0.917. The normalized spacial score (nSPS) is 10.8. The second kappa shape index (κ2) is 22.2. The first-order chi connectivity index (χ1) is 13.7. The molecule has 1 N–H and O–H groups in total. The first-order valence-electron chi connectivity index (χ1n) is 12.1. The predicted octanol–water partition coefficient (Wildman–Crippen LogP) is 6.71. The zero-order chi connectivity index (χ0) is 20.7. The molecule has 0 aliphatic carbocycles. The Morgan fingerprint density at radius 1 is 0.607 bits per heavy atom. The third kappa shape index (κ3) is 21.2. The minimum Gasteiger partial charge on any atom is -0.466 e. The van der Waals surface area contributed by atoms with Gasteiger partial charge in [0.2, 0.25) is 5.91 Å². The lowest BCUT2D eigenvalue weighted by Gasteiger charge is -2.07. The summed E-state index contributed by atoms with van der Waals surface area (Å²) < 4.78 is 5.24. The SMILES string of the molecule is CCCCCCCCCCCC(=O)NCCCC(=O)OCCCCCCCC. The number of unbranched alkanes of at least 4 members (excludes halogenated alkanes) is 13. The molecule has 0 saturated carbocycles. The minimum absolute atomic E-state index is 0.114. The molecule has 4 nitrogen and oxygen atoms in total. The highest BCUT2D eigenvalue weighted by Gasteiger charge is 2.04. The maximum absolute atomic E-state index is 11.8. The molecule has 166 valence electrons. The highest BCUT2D eigenvalue weighted by atomic mass is 16.5. The smallest absolute Gasteiger partial charge is 0.305 e. The molecule has 0 atom stereocenters. The average molecular weight is 398 g/mol. The molecule has 0 aromatic rings. The topological polar surface area (TPSA) is 55.4 Å². The van der Waals surface area contributed by atoms with Gasteiger partial charge in [-0.3, -0.25) is 9.59 Å². The molecule has 0 heterocycles. The van der Waals surface area contributed by atoms with Gasteiger partial charge in [-0.05, 0) is 19.3 Å². The largest absolute Gasteiger partial charge is 0.466 e. The van der Waals surface area contributed by atoms with Crippen molar-refractivity contribution in [1.29, 1.82) is 0 Å². The third-order valence-corrected chi connectivity index (χ3v) is 5.15. The van der Waals surface area contributed by atoms with E-state index in [1.807, 2.05) is 0 Å². The van der Waals surface area contributed by atoms with Crippen molar-refractivity contribution >= 4 is 11.9 Å². The maximum atomic E-state index is 11.8. The van der Waals surface area contributed by atoms with Crippen LogP contribution >= 0.6 is 0 Å². The Morgan fingerprint density at radius 3 is 1.68 bits per heavy atom. The Balaban J connectivity index is 3.30. The molecule has 0 aromatic carbocycles. The van der Waals surface area contributed by atoms with E-state index in [9.17, 15) is 9.59 Å². The minimum atomic E-state index is -0.137. The van der Waals surface area contributed by atoms with Gasteiger partial charge in [0.05, 0.1) is 6.61 Å². The Kier molecular flexibility index (Phi) is 21.4. The number of carbonyl (C=O) groups excluding carboxylic acids is 2. The number of hydrogen-bond acceptors (Lipinski definition) is 3. The Bertz CT molecular complexity index is 358. The number of esters is 1. The van der Waals surface area contributed by atoms with Crippen molar-refractivity contribution in [2.45, 2.75) is 129 Å². The van der Waals surface area contributed by atoms with Gasteiger partial charge in [-0.2, -0.15) is 0 Å². The highest BCUT2D eigenvalue weighted by molar-refractivity contribution is 5.75. The van der Waals surface area contributed by atoms with Crippen molar-refractivity contribution in [3.05, 3.63) is 0 Å². The third-order valence-electron chi connectivity index (χ3n) is 5.15. The molecule has 4 heteroatoms. The number of ether oxygens (including phenoxy) is 1. The molecule has 0 spiro atoms. The van der Waals surface area contributed by atoms with Gasteiger partial charge in [-0.25, -0.2) is 0 Å². The lowest BCUT2D eigenvalue weighted by molar-refractivity contribution is -0.144. The first kappa shape index (κ1) is 26.9. The van der Waals surface area contributed by atoms with Gasteiger partial charge in [-0.1, -0.05) is 97.3 Å². The molecule has 0 unspecified atom stereocenters. The van der Waals surface area contributed by atoms with Crippen LogP contribution in [0.4, 0.5) is 0 Å². The highest BCUT2D eigenvalue weighted by Crippen LogP contribution is 2.10. The molecule has 0 fully saturated rings. The van der Waals surface area contributed by atoms with Crippen molar-refractivity contribution in [3.63, 3.8) is 0 Å². The molecule has 0 aliphatic heterocycles. The lowest BCUT2D eigenvalue weighted by atomic mass is 10.1. The van der Waals surface area contributed by atoms with Crippen molar-refractivity contribution in [2.75, 3.05) is 13.2 Å². The molecular weight excluding hydrogens is 350 g/mol. The van der Waals surface area contributed by atoms with E-state index in [0.29, 0.717) is 32.4 Å². The van der Waals surface area contributed by atoms with Crippen LogP contribution in [-0.2, 0) is 14.3 Å². The number of nitrogens with one attached hydrogen (secondary N) is 1. The number of rotatable bonds is 21. The predicted molar refractivity (Wildman–Crippen MR) is 118 cm³/mol. The van der Waals surface area contributed by atoms with E-state index in [0.717, 1.165) is 25.7 Å². The van der Waals surface area contributed by atoms with Crippen LogP contribution in [0, 0.1) is 0 Å². The zero-order valence-electron chi connectivity index (χ0n) is 18.9. The summed E-state index contributed by atoms with van der Waals surface area (Å²) >= 11 is 0. The van der Waals surface area contributed by atoms with Gasteiger partial charge in [0.15, 0.2) is 0 Å². The summed E-state index contributed by atoms with van der Waals surface area (Å²) in [6.45, 7) is 5.56. The van der Waals surface area contributed by atoms with Gasteiger partial charge >= 0.3 is 5.97 Å². The molecule has 0 bridgehead atoms. The fourth-order valence-corrected chi connectivity index (χ4v) is 3.29. The van der Waals surface area contributed by atoms with Crippen molar-refractivity contribution in [2.24, 2.45) is 0 Å². The molecule has 28 heavy (non-hydrogen) atoms. The van der Waals surface area contributed by atoms with Gasteiger partial charge in [0, 0.05) is 19.4 Å². The van der Waals surface area contributed by atoms with E-state index >= 15 is 0 Å². The molecule has 0 saturated heterocycles. The second-order valence-electron chi connectivity index (χ2n) is 8.02. The molecule has 0 radical (unpaired) electrons. The molecular formula is C24H47NO3. The van der Waals surface area contributed by atoms with Crippen LogP contribution in [0.3, 0.4) is 0 Å². The van der Waals surface area contributed by atoms with E-state index in [1.165, 1.54) is 70.6 Å². The van der Waals surface area contributed by atoms with Crippen LogP contribution in [0.25, 0.3) is 0 Å². The Morgan fingerprint density at radius 2 is 1.11 bits per heavy atom. The molecule has 0 aromatic heterocycles. The van der Waals surface area contributed by atoms with Crippen LogP contribution in [0.1, 0.15) is 129 Å². The average Bonchev–Trinajstić information content (AvgIpc) is 2.69. The van der Waals surface area contributed by atoms with E-state index in [2.05, 4.69) is 19.2 Å². The number of carbonyl (C=O) groups is 2. The summed E-state index contributed by atoms with van der Waals surface area (Å²) in [5.41, 5.74) is 0. The number of amides is 1. The second-order valence-corrected chi connectivity index (χ2v) is 8.02. The van der Waals surface area contributed by atoms with Crippen LogP contribution in [0.2, 0.25) is 0 Å². The van der Waals surface area contributed by atoms with Gasteiger partial charge in [-0.15, -0.1) is 0 Å². The quantitative estimate of drug-likeness (QED) is 0.173. The summed E-state index contributed by atoms with van der Waals surface area (Å²) in [7, 11) is 0. The van der Waals surface area contributed by atoms with Crippen molar-refractivity contribution in [3.8, 4) is 0 Å². The Hall–Kier alpha value is -1.06. The summed E-state index contributed by atoms with van der Waals surface area (Å²) in [4.78, 5) is 23.4. The van der Waals surface area contributed by atoms with Crippen LogP contribution in [-0.4, -0.2) is 25.0 Å². The summed E-state index contributed by atoms with van der Waals surface area (Å²) in [5.74, 6) is -0.0230. The van der Waals surface area contributed by atoms with Crippen LogP contribution in [0.5, 0.6) is 0 Å². The monoisotopic (exact) mass is 397 g/mol.